The van der Waals surface area contributed by atoms with Gasteiger partial charge in [0.1, 0.15) is 16.8 Å². The Morgan fingerprint density at radius 2 is 1.81 bits per heavy atom. The van der Waals surface area contributed by atoms with E-state index in [1.54, 1.807) is 48.5 Å². The van der Waals surface area contributed by atoms with E-state index in [1.165, 1.54) is 30.5 Å². The first-order valence-corrected chi connectivity index (χ1v) is 10.7. The lowest BCUT2D eigenvalue weighted by Gasteiger charge is -2.25. The maximum atomic E-state index is 13.2. The average molecular weight is 452 g/mol. The fraction of sp³-hybridized carbons (Fsp3) is 0.217. The van der Waals surface area contributed by atoms with Crippen LogP contribution in [0.15, 0.2) is 54.1 Å². The molecule has 1 atom stereocenters. The first-order valence-electron chi connectivity index (χ1n) is 9.91. The molecule has 2 aromatic carbocycles. The highest BCUT2D eigenvalue weighted by Crippen LogP contribution is 2.47. The standard InChI is InChI=1S/C23H21N3O5S/c1-4-16-24-25-23(32-16)26-18(14-11-8-12-15(30-2)21(14)31-3)17(20(28)22(26)29)19(27)13-9-6-5-7-10-13/h5-12,18,27H,4H2,1-3H3/b19-17+. The minimum Gasteiger partial charge on any atom is -0.507 e. The highest BCUT2D eigenvalue weighted by molar-refractivity contribution is 7.15. The lowest BCUT2D eigenvalue weighted by atomic mass is 9.94. The van der Waals surface area contributed by atoms with Gasteiger partial charge in [-0.1, -0.05) is 60.7 Å². The number of ketones is 1. The Morgan fingerprint density at radius 3 is 2.44 bits per heavy atom. The summed E-state index contributed by atoms with van der Waals surface area (Å²) in [7, 11) is 2.98. The molecule has 1 saturated heterocycles. The first-order chi connectivity index (χ1) is 15.5. The molecule has 164 valence electrons. The molecule has 1 fully saturated rings. The summed E-state index contributed by atoms with van der Waals surface area (Å²) in [6.07, 6.45) is 0.638. The van der Waals surface area contributed by atoms with Crippen LogP contribution in [0.2, 0.25) is 0 Å². The summed E-state index contributed by atoms with van der Waals surface area (Å²) in [5.74, 6) is -1.10. The van der Waals surface area contributed by atoms with Crippen LogP contribution in [-0.4, -0.2) is 41.2 Å². The number of rotatable bonds is 6. The van der Waals surface area contributed by atoms with Gasteiger partial charge in [0.15, 0.2) is 11.5 Å². The minimum absolute atomic E-state index is 0.0546. The van der Waals surface area contributed by atoms with Crippen molar-refractivity contribution in [2.75, 3.05) is 19.1 Å². The van der Waals surface area contributed by atoms with E-state index in [4.69, 9.17) is 9.47 Å². The summed E-state index contributed by atoms with van der Waals surface area (Å²) < 4.78 is 11.0. The van der Waals surface area contributed by atoms with Crippen LogP contribution in [0.4, 0.5) is 5.13 Å². The van der Waals surface area contributed by atoms with E-state index >= 15 is 0 Å². The number of aliphatic hydroxyl groups excluding tert-OH is 1. The largest absolute Gasteiger partial charge is 0.507 e. The predicted octanol–water partition coefficient (Wildman–Crippen LogP) is 3.74. The smallest absolute Gasteiger partial charge is 0.301 e. The van der Waals surface area contributed by atoms with Crippen molar-refractivity contribution in [3.63, 3.8) is 0 Å². The van der Waals surface area contributed by atoms with Gasteiger partial charge < -0.3 is 14.6 Å². The maximum Gasteiger partial charge on any atom is 0.301 e. The Kier molecular flexibility index (Phi) is 5.91. The van der Waals surface area contributed by atoms with Crippen molar-refractivity contribution < 1.29 is 24.2 Å². The minimum atomic E-state index is -0.974. The van der Waals surface area contributed by atoms with Gasteiger partial charge in [-0.25, -0.2) is 0 Å². The summed E-state index contributed by atoms with van der Waals surface area (Å²) in [5.41, 5.74) is 0.849. The maximum absolute atomic E-state index is 13.2. The molecule has 32 heavy (non-hydrogen) atoms. The predicted molar refractivity (Wildman–Crippen MR) is 120 cm³/mol. The zero-order chi connectivity index (χ0) is 22.8. The third kappa shape index (κ3) is 3.50. The number of hydrogen-bond donors (Lipinski definition) is 1. The van der Waals surface area contributed by atoms with E-state index in [0.717, 1.165) is 5.01 Å². The molecule has 1 aliphatic heterocycles. The molecule has 4 rings (SSSR count). The fourth-order valence-electron chi connectivity index (χ4n) is 3.69. The van der Waals surface area contributed by atoms with Gasteiger partial charge in [0.25, 0.3) is 5.78 Å². The lowest BCUT2D eigenvalue weighted by molar-refractivity contribution is -0.132. The van der Waals surface area contributed by atoms with Gasteiger partial charge >= 0.3 is 5.91 Å². The molecule has 3 aromatic rings. The van der Waals surface area contributed by atoms with Crippen molar-refractivity contribution in [2.24, 2.45) is 0 Å². The third-order valence-electron chi connectivity index (χ3n) is 5.18. The molecule has 8 nitrogen and oxygen atoms in total. The summed E-state index contributed by atoms with van der Waals surface area (Å²) >= 11 is 1.22. The van der Waals surface area contributed by atoms with Gasteiger partial charge in [-0.15, -0.1) is 10.2 Å². The van der Waals surface area contributed by atoms with Crippen LogP contribution in [0.1, 0.15) is 29.1 Å². The van der Waals surface area contributed by atoms with Crippen LogP contribution in [0.5, 0.6) is 11.5 Å². The van der Waals surface area contributed by atoms with Crippen LogP contribution >= 0.6 is 11.3 Å². The van der Waals surface area contributed by atoms with E-state index in [2.05, 4.69) is 10.2 Å². The van der Waals surface area contributed by atoms with Crippen molar-refractivity contribution in [1.29, 1.82) is 0 Å². The number of aromatic nitrogens is 2. The van der Waals surface area contributed by atoms with Crippen LogP contribution in [0, 0.1) is 0 Å². The van der Waals surface area contributed by atoms with Crippen LogP contribution in [0.3, 0.4) is 0 Å². The number of benzene rings is 2. The molecule has 0 aliphatic carbocycles. The molecule has 0 bridgehead atoms. The van der Waals surface area contributed by atoms with Crippen LogP contribution in [0.25, 0.3) is 5.76 Å². The first kappa shape index (κ1) is 21.5. The van der Waals surface area contributed by atoms with Gasteiger partial charge in [-0.05, 0) is 12.5 Å². The Balaban J connectivity index is 2.00. The van der Waals surface area contributed by atoms with Crippen LogP contribution in [-0.2, 0) is 16.0 Å². The quantitative estimate of drug-likeness (QED) is 0.346. The van der Waals surface area contributed by atoms with Crippen molar-refractivity contribution in [3.8, 4) is 11.5 Å². The summed E-state index contributed by atoms with van der Waals surface area (Å²) in [4.78, 5) is 27.6. The highest BCUT2D eigenvalue weighted by atomic mass is 32.1. The third-order valence-corrected chi connectivity index (χ3v) is 6.25. The zero-order valence-corrected chi connectivity index (χ0v) is 18.5. The molecule has 1 N–H and O–H groups in total. The number of hydrogen-bond acceptors (Lipinski definition) is 8. The fourth-order valence-corrected chi connectivity index (χ4v) is 4.49. The number of carbonyl (C=O) groups excluding carboxylic acids is 2. The average Bonchev–Trinajstić information content (AvgIpc) is 3.41. The number of methoxy groups -OCH3 is 2. The molecule has 1 unspecified atom stereocenters. The Morgan fingerprint density at radius 1 is 1.06 bits per heavy atom. The topological polar surface area (TPSA) is 102 Å². The number of para-hydroxylation sites is 1. The molecular formula is C23H21N3O5S. The lowest BCUT2D eigenvalue weighted by Crippen LogP contribution is -2.29. The second-order valence-corrected chi connectivity index (χ2v) is 7.99. The van der Waals surface area contributed by atoms with Crippen molar-refractivity contribution >= 4 is 33.9 Å². The molecule has 1 aromatic heterocycles. The van der Waals surface area contributed by atoms with Gasteiger partial charge in [0.05, 0.1) is 19.8 Å². The number of aliphatic hydroxyl groups is 1. The van der Waals surface area contributed by atoms with Gasteiger partial charge in [-0.2, -0.15) is 0 Å². The molecule has 0 saturated carbocycles. The molecule has 0 radical (unpaired) electrons. The van der Waals surface area contributed by atoms with Gasteiger partial charge in [0, 0.05) is 11.1 Å². The van der Waals surface area contributed by atoms with Crippen LogP contribution < -0.4 is 14.4 Å². The highest BCUT2D eigenvalue weighted by Gasteiger charge is 2.49. The van der Waals surface area contributed by atoms with E-state index in [0.29, 0.717) is 29.0 Å². The summed E-state index contributed by atoms with van der Waals surface area (Å²) in [5, 5.41) is 20.4. The Hall–Kier alpha value is -3.72. The number of amides is 1. The number of Topliss-reactive ketones (excluding diaryl/α,β-unsaturated/α-hetero) is 1. The molecule has 0 spiro atoms. The zero-order valence-electron chi connectivity index (χ0n) is 17.7. The van der Waals surface area contributed by atoms with E-state index in [1.807, 2.05) is 6.92 Å². The second-order valence-electron chi connectivity index (χ2n) is 6.95. The van der Waals surface area contributed by atoms with Crippen molar-refractivity contribution in [1.82, 2.24) is 10.2 Å². The number of carbonyl (C=O) groups is 2. The van der Waals surface area contributed by atoms with Gasteiger partial charge in [0.2, 0.25) is 5.13 Å². The summed E-state index contributed by atoms with van der Waals surface area (Å²) in [6.45, 7) is 1.93. The molecular weight excluding hydrogens is 430 g/mol. The molecule has 1 aliphatic rings. The van der Waals surface area contributed by atoms with E-state index in [9.17, 15) is 14.7 Å². The number of aryl methyl sites for hydroxylation is 1. The number of ether oxygens (including phenoxy) is 2. The number of nitrogens with zero attached hydrogens (tertiary/aromatic N) is 3. The van der Waals surface area contributed by atoms with Crippen molar-refractivity contribution in [3.05, 3.63) is 70.2 Å². The van der Waals surface area contributed by atoms with Crippen molar-refractivity contribution in [2.45, 2.75) is 19.4 Å². The molecule has 2 heterocycles. The van der Waals surface area contributed by atoms with E-state index < -0.39 is 17.7 Å². The Bertz CT molecular complexity index is 1210. The van der Waals surface area contributed by atoms with Gasteiger partial charge in [-0.3, -0.25) is 14.5 Å². The Labute approximate surface area is 188 Å². The second kappa shape index (κ2) is 8.80. The molecule has 1 amide bonds. The monoisotopic (exact) mass is 451 g/mol. The number of anilines is 1. The summed E-state index contributed by atoms with van der Waals surface area (Å²) in [6, 6.07) is 12.8. The SMILES string of the molecule is CCc1nnc(N2C(=O)C(=O)/C(=C(/O)c3ccccc3)C2c2cccc(OC)c2OC)s1. The van der Waals surface area contributed by atoms with E-state index in [-0.39, 0.29) is 16.5 Å². The normalized spacial score (nSPS) is 17.6. The molecule has 9 heteroatoms.